The number of hydrogen-bond donors (Lipinski definition) is 1. The van der Waals surface area contributed by atoms with E-state index in [0.717, 1.165) is 11.1 Å². The fourth-order valence-corrected chi connectivity index (χ4v) is 3.43. The molecule has 0 spiro atoms. The third kappa shape index (κ3) is 4.21. The molecule has 27 heavy (non-hydrogen) atoms. The summed E-state index contributed by atoms with van der Waals surface area (Å²) in [5, 5.41) is 3.89. The molecule has 8 nitrogen and oxygen atoms in total. The maximum atomic E-state index is 12.4. The third-order valence-electron chi connectivity index (χ3n) is 3.83. The molecule has 0 amide bonds. The minimum atomic E-state index is -3.87. The highest BCUT2D eigenvalue weighted by Crippen LogP contribution is 2.20. The van der Waals surface area contributed by atoms with Crippen molar-refractivity contribution in [1.29, 1.82) is 0 Å². The zero-order valence-corrected chi connectivity index (χ0v) is 15.5. The molecule has 2 aromatic carbocycles. The SMILES string of the molecule is COC(=O)c1cccc(S(=O)(=O)NCc2nc(-c3ccccc3C)no2)c1. The topological polar surface area (TPSA) is 111 Å². The van der Waals surface area contributed by atoms with Crippen LogP contribution >= 0.6 is 0 Å². The number of aryl methyl sites for hydroxylation is 1. The van der Waals surface area contributed by atoms with Crippen LogP contribution < -0.4 is 4.72 Å². The molecule has 0 fully saturated rings. The van der Waals surface area contributed by atoms with Gasteiger partial charge in [0.1, 0.15) is 0 Å². The summed E-state index contributed by atoms with van der Waals surface area (Å²) in [5.41, 5.74) is 1.92. The molecule has 1 N–H and O–H groups in total. The Hall–Kier alpha value is -3.04. The molecule has 1 aromatic heterocycles. The minimum Gasteiger partial charge on any atom is -0.465 e. The lowest BCUT2D eigenvalue weighted by atomic mass is 10.1. The third-order valence-corrected chi connectivity index (χ3v) is 5.23. The summed E-state index contributed by atoms with van der Waals surface area (Å²) in [7, 11) is -2.65. The Labute approximate surface area is 156 Å². The van der Waals surface area contributed by atoms with Crippen molar-refractivity contribution in [3.63, 3.8) is 0 Å². The lowest BCUT2D eigenvalue weighted by Crippen LogP contribution is -2.23. The number of sulfonamides is 1. The Balaban J connectivity index is 1.75. The maximum absolute atomic E-state index is 12.4. The Morgan fingerprint density at radius 1 is 1.19 bits per heavy atom. The molecule has 140 valence electrons. The number of rotatable bonds is 6. The number of hydrogen-bond acceptors (Lipinski definition) is 7. The van der Waals surface area contributed by atoms with Gasteiger partial charge in [-0.25, -0.2) is 17.9 Å². The van der Waals surface area contributed by atoms with Gasteiger partial charge in [0.15, 0.2) is 0 Å². The van der Waals surface area contributed by atoms with Crippen LogP contribution in [0.5, 0.6) is 0 Å². The molecule has 0 saturated heterocycles. The van der Waals surface area contributed by atoms with Crippen molar-refractivity contribution >= 4 is 16.0 Å². The summed E-state index contributed by atoms with van der Waals surface area (Å²) in [6.07, 6.45) is 0. The van der Waals surface area contributed by atoms with Gasteiger partial charge in [0.25, 0.3) is 0 Å². The van der Waals surface area contributed by atoms with Crippen molar-refractivity contribution in [1.82, 2.24) is 14.9 Å². The van der Waals surface area contributed by atoms with Gasteiger partial charge in [-0.15, -0.1) is 0 Å². The smallest absolute Gasteiger partial charge is 0.337 e. The van der Waals surface area contributed by atoms with E-state index >= 15 is 0 Å². The number of aromatic nitrogens is 2. The lowest BCUT2D eigenvalue weighted by Gasteiger charge is -2.06. The summed E-state index contributed by atoms with van der Waals surface area (Å²) < 4.78 is 37.0. The van der Waals surface area contributed by atoms with Gasteiger partial charge in [0.05, 0.1) is 24.1 Å². The molecule has 0 aliphatic rings. The Morgan fingerprint density at radius 2 is 1.96 bits per heavy atom. The van der Waals surface area contributed by atoms with E-state index in [4.69, 9.17) is 4.52 Å². The lowest BCUT2D eigenvalue weighted by molar-refractivity contribution is 0.0600. The van der Waals surface area contributed by atoms with Gasteiger partial charge >= 0.3 is 5.97 Å². The molecule has 9 heteroatoms. The number of esters is 1. The molecule has 0 unspecified atom stereocenters. The van der Waals surface area contributed by atoms with E-state index in [1.54, 1.807) is 0 Å². The van der Waals surface area contributed by atoms with Crippen LogP contribution in [0.1, 0.15) is 21.8 Å². The quantitative estimate of drug-likeness (QED) is 0.646. The molecule has 0 bridgehead atoms. The number of nitrogens with one attached hydrogen (secondary N) is 1. The van der Waals surface area contributed by atoms with Crippen LogP contribution in [0.15, 0.2) is 57.9 Å². The fourth-order valence-electron chi connectivity index (χ4n) is 2.41. The van der Waals surface area contributed by atoms with Gasteiger partial charge < -0.3 is 9.26 Å². The summed E-state index contributed by atoms with van der Waals surface area (Å²) >= 11 is 0. The molecule has 0 aliphatic heterocycles. The van der Waals surface area contributed by atoms with Crippen LogP contribution in [0, 0.1) is 6.92 Å². The molecule has 3 aromatic rings. The van der Waals surface area contributed by atoms with E-state index in [-0.39, 0.29) is 22.9 Å². The van der Waals surface area contributed by atoms with Crippen molar-refractivity contribution in [2.75, 3.05) is 7.11 Å². The van der Waals surface area contributed by atoms with Gasteiger partial charge in [0, 0.05) is 5.56 Å². The normalized spacial score (nSPS) is 11.3. The highest BCUT2D eigenvalue weighted by molar-refractivity contribution is 7.89. The first kappa shape index (κ1) is 18.7. The molecule has 0 atom stereocenters. The predicted molar refractivity (Wildman–Crippen MR) is 96.3 cm³/mol. The Kier molecular flexibility index (Phi) is 5.33. The molecular formula is C18H17N3O5S. The number of methoxy groups -OCH3 is 1. The highest BCUT2D eigenvalue weighted by atomic mass is 32.2. The fraction of sp³-hybridized carbons (Fsp3) is 0.167. The molecule has 0 saturated carbocycles. The van der Waals surface area contributed by atoms with Crippen molar-refractivity contribution in [3.05, 3.63) is 65.5 Å². The monoisotopic (exact) mass is 387 g/mol. The van der Waals surface area contributed by atoms with Gasteiger partial charge in [-0.2, -0.15) is 4.98 Å². The van der Waals surface area contributed by atoms with Crippen LogP contribution in [0.25, 0.3) is 11.4 Å². The summed E-state index contributed by atoms with van der Waals surface area (Å²) in [5.74, 6) is -0.109. The molecule has 0 radical (unpaired) electrons. The average molecular weight is 387 g/mol. The van der Waals surface area contributed by atoms with Crippen LogP contribution in [-0.4, -0.2) is 31.6 Å². The molecule has 3 rings (SSSR count). The summed E-state index contributed by atoms with van der Waals surface area (Å²) in [4.78, 5) is 15.7. The summed E-state index contributed by atoms with van der Waals surface area (Å²) in [6, 6.07) is 13.1. The first-order valence-corrected chi connectivity index (χ1v) is 9.45. The van der Waals surface area contributed by atoms with Crippen molar-refractivity contribution < 1.29 is 22.5 Å². The number of carbonyl (C=O) groups is 1. The van der Waals surface area contributed by atoms with E-state index in [1.807, 2.05) is 31.2 Å². The second-order valence-electron chi connectivity index (χ2n) is 5.67. The summed E-state index contributed by atoms with van der Waals surface area (Å²) in [6.45, 7) is 1.74. The van der Waals surface area contributed by atoms with Gasteiger partial charge in [-0.05, 0) is 30.7 Å². The second kappa shape index (κ2) is 7.68. The number of ether oxygens (including phenoxy) is 1. The van der Waals surface area contributed by atoms with Crippen LogP contribution in [0.3, 0.4) is 0 Å². The van der Waals surface area contributed by atoms with Crippen LogP contribution in [0.2, 0.25) is 0 Å². The molecule has 1 heterocycles. The van der Waals surface area contributed by atoms with Crippen molar-refractivity contribution in [2.24, 2.45) is 0 Å². The van der Waals surface area contributed by atoms with Gasteiger partial charge in [0.2, 0.25) is 21.7 Å². The van der Waals surface area contributed by atoms with E-state index in [1.165, 1.54) is 31.4 Å². The van der Waals surface area contributed by atoms with Gasteiger partial charge in [-0.1, -0.05) is 35.5 Å². The maximum Gasteiger partial charge on any atom is 0.337 e. The van der Waals surface area contributed by atoms with E-state index in [9.17, 15) is 13.2 Å². The predicted octanol–water partition coefficient (Wildman–Crippen LogP) is 2.31. The Morgan fingerprint density at radius 3 is 2.70 bits per heavy atom. The standard InChI is InChI=1S/C18H17N3O5S/c1-12-6-3-4-9-15(12)17-20-16(26-21-17)11-19-27(23,24)14-8-5-7-13(10-14)18(22)25-2/h3-10,19H,11H2,1-2H3. The van der Waals surface area contributed by atoms with Crippen molar-refractivity contribution in [2.45, 2.75) is 18.4 Å². The van der Waals surface area contributed by atoms with Gasteiger partial charge in [-0.3, -0.25) is 0 Å². The highest BCUT2D eigenvalue weighted by Gasteiger charge is 2.18. The largest absolute Gasteiger partial charge is 0.465 e. The van der Waals surface area contributed by atoms with E-state index in [2.05, 4.69) is 19.6 Å². The first-order valence-electron chi connectivity index (χ1n) is 7.97. The minimum absolute atomic E-state index is 0.0657. The number of benzene rings is 2. The van der Waals surface area contributed by atoms with E-state index < -0.39 is 16.0 Å². The molecular weight excluding hydrogens is 370 g/mol. The van der Waals surface area contributed by atoms with E-state index in [0.29, 0.717) is 5.82 Å². The first-order chi connectivity index (χ1) is 12.9. The number of carbonyl (C=O) groups excluding carboxylic acids is 1. The average Bonchev–Trinajstić information content (AvgIpc) is 3.15. The van der Waals surface area contributed by atoms with Crippen LogP contribution in [-0.2, 0) is 21.3 Å². The zero-order chi connectivity index (χ0) is 19.4. The van der Waals surface area contributed by atoms with Crippen LogP contribution in [0.4, 0.5) is 0 Å². The Bertz CT molecular complexity index is 1080. The second-order valence-corrected chi connectivity index (χ2v) is 7.44. The van der Waals surface area contributed by atoms with Crippen molar-refractivity contribution in [3.8, 4) is 11.4 Å². The number of nitrogens with zero attached hydrogens (tertiary/aromatic N) is 2. The zero-order valence-electron chi connectivity index (χ0n) is 14.7. The molecule has 0 aliphatic carbocycles.